The Morgan fingerprint density at radius 1 is 1.18 bits per heavy atom. The zero-order valence-electron chi connectivity index (χ0n) is 15.6. The van der Waals surface area contributed by atoms with Crippen molar-refractivity contribution >= 4 is 24.0 Å². The maximum absolute atomic E-state index is 12.5. The number of hydrogen-bond acceptors (Lipinski definition) is 5. The summed E-state index contributed by atoms with van der Waals surface area (Å²) in [7, 11) is 0. The molecule has 146 valence electrons. The lowest BCUT2D eigenvalue weighted by atomic mass is 9.98. The van der Waals surface area contributed by atoms with E-state index in [-0.39, 0.29) is 18.3 Å². The molecule has 1 atom stereocenters. The molecule has 2 N–H and O–H groups in total. The lowest BCUT2D eigenvalue weighted by Gasteiger charge is -2.10. The highest BCUT2D eigenvalue weighted by Gasteiger charge is 2.15. The van der Waals surface area contributed by atoms with Gasteiger partial charge >= 0.3 is 0 Å². The summed E-state index contributed by atoms with van der Waals surface area (Å²) in [6.45, 7) is 4.03. The van der Waals surface area contributed by atoms with Gasteiger partial charge in [0.05, 0.1) is 5.69 Å². The summed E-state index contributed by atoms with van der Waals surface area (Å²) in [5.74, 6) is 1.29. The molecule has 7 nitrogen and oxygen atoms in total. The smallest absolute Gasteiger partial charge is 0.255 e. The minimum Gasteiger partial charge on any atom is -0.322 e. The molecule has 1 aliphatic rings. The first-order valence-electron chi connectivity index (χ1n) is 9.15. The molecular weight excluding hydrogens is 376 g/mol. The second-order valence-corrected chi connectivity index (χ2v) is 6.90. The molecule has 0 spiro atoms. The summed E-state index contributed by atoms with van der Waals surface area (Å²) < 4.78 is 1.64. The van der Waals surface area contributed by atoms with Gasteiger partial charge in [0.1, 0.15) is 0 Å². The molecule has 2 heterocycles. The highest BCUT2D eigenvalue weighted by molar-refractivity contribution is 6.04. The molecular formula is C20H23ClN6O. The van der Waals surface area contributed by atoms with Gasteiger partial charge in [-0.05, 0) is 91.2 Å². The first kappa shape index (κ1) is 20.0. The first-order chi connectivity index (χ1) is 13.2. The van der Waals surface area contributed by atoms with Gasteiger partial charge in [0.2, 0.25) is 0 Å². The van der Waals surface area contributed by atoms with Crippen molar-refractivity contribution in [3.63, 3.8) is 0 Å². The van der Waals surface area contributed by atoms with Gasteiger partial charge in [-0.2, -0.15) is 4.68 Å². The number of aromatic nitrogens is 4. The Morgan fingerprint density at radius 3 is 2.54 bits per heavy atom. The van der Waals surface area contributed by atoms with E-state index in [1.807, 2.05) is 43.3 Å². The van der Waals surface area contributed by atoms with E-state index >= 15 is 0 Å². The van der Waals surface area contributed by atoms with Crippen molar-refractivity contribution in [3.05, 3.63) is 65.5 Å². The van der Waals surface area contributed by atoms with Gasteiger partial charge in [-0.3, -0.25) is 4.79 Å². The van der Waals surface area contributed by atoms with Gasteiger partial charge in [0.25, 0.3) is 5.91 Å². The summed E-state index contributed by atoms with van der Waals surface area (Å²) in [4.78, 5) is 12.5. The highest BCUT2D eigenvalue weighted by atomic mass is 35.5. The molecule has 1 aromatic heterocycles. The largest absolute Gasteiger partial charge is 0.322 e. The Morgan fingerprint density at radius 2 is 1.93 bits per heavy atom. The zero-order chi connectivity index (χ0) is 18.6. The minimum atomic E-state index is -0.115. The molecule has 0 radical (unpaired) electrons. The third kappa shape index (κ3) is 4.55. The van der Waals surface area contributed by atoms with E-state index in [2.05, 4.69) is 38.3 Å². The Bertz CT molecular complexity index is 917. The van der Waals surface area contributed by atoms with Gasteiger partial charge in [0, 0.05) is 11.3 Å². The second-order valence-electron chi connectivity index (χ2n) is 6.90. The van der Waals surface area contributed by atoms with E-state index in [0.29, 0.717) is 17.3 Å². The van der Waals surface area contributed by atoms with Crippen LogP contribution in [0.3, 0.4) is 0 Å². The molecule has 2 aromatic carbocycles. The SMILES string of the molecule is Cc1nnnn1-c1ccc(NC(=O)c2ccc(CC3CCNC3)cc2)cc1.Cl. The Labute approximate surface area is 169 Å². The van der Waals surface area contributed by atoms with E-state index < -0.39 is 0 Å². The van der Waals surface area contributed by atoms with Crippen LogP contribution in [0.5, 0.6) is 0 Å². The number of aryl methyl sites for hydroxylation is 1. The van der Waals surface area contributed by atoms with Crippen LogP contribution in [0.2, 0.25) is 0 Å². The van der Waals surface area contributed by atoms with Gasteiger partial charge in [-0.15, -0.1) is 17.5 Å². The van der Waals surface area contributed by atoms with Gasteiger partial charge in [0.15, 0.2) is 5.82 Å². The van der Waals surface area contributed by atoms with Crippen molar-refractivity contribution in [2.75, 3.05) is 18.4 Å². The van der Waals surface area contributed by atoms with Crippen LogP contribution in [0, 0.1) is 12.8 Å². The molecule has 1 aliphatic heterocycles. The van der Waals surface area contributed by atoms with Gasteiger partial charge in [-0.1, -0.05) is 12.1 Å². The van der Waals surface area contributed by atoms with Gasteiger partial charge in [-0.25, -0.2) is 0 Å². The fourth-order valence-electron chi connectivity index (χ4n) is 3.37. The molecule has 28 heavy (non-hydrogen) atoms. The van der Waals surface area contributed by atoms with Crippen molar-refractivity contribution in [2.45, 2.75) is 19.8 Å². The maximum Gasteiger partial charge on any atom is 0.255 e. The lowest BCUT2D eigenvalue weighted by Crippen LogP contribution is -2.13. The predicted molar refractivity (Wildman–Crippen MR) is 110 cm³/mol. The van der Waals surface area contributed by atoms with Crippen LogP contribution in [-0.2, 0) is 6.42 Å². The zero-order valence-corrected chi connectivity index (χ0v) is 16.4. The number of anilines is 1. The van der Waals surface area contributed by atoms with Gasteiger partial charge < -0.3 is 10.6 Å². The molecule has 0 saturated carbocycles. The van der Waals surface area contributed by atoms with Crippen LogP contribution >= 0.6 is 12.4 Å². The molecule has 1 fully saturated rings. The van der Waals surface area contributed by atoms with Crippen LogP contribution in [0.1, 0.15) is 28.2 Å². The number of hydrogen-bond donors (Lipinski definition) is 2. The molecule has 1 amide bonds. The van der Waals surface area contributed by atoms with E-state index in [9.17, 15) is 4.79 Å². The van der Waals surface area contributed by atoms with Crippen LogP contribution in [-0.4, -0.2) is 39.2 Å². The molecule has 1 saturated heterocycles. The summed E-state index contributed by atoms with van der Waals surface area (Å²) in [5.41, 5.74) is 3.52. The summed E-state index contributed by atoms with van der Waals surface area (Å²) in [5, 5.41) is 17.8. The quantitative estimate of drug-likeness (QED) is 0.690. The minimum absolute atomic E-state index is 0. The molecule has 0 aliphatic carbocycles. The summed E-state index contributed by atoms with van der Waals surface area (Å²) in [6, 6.07) is 15.3. The molecule has 1 unspecified atom stereocenters. The predicted octanol–water partition coefficient (Wildman–Crippen LogP) is 2.80. The van der Waals surface area contributed by atoms with Crippen molar-refractivity contribution in [3.8, 4) is 5.69 Å². The average molecular weight is 399 g/mol. The van der Waals surface area contributed by atoms with Crippen molar-refractivity contribution in [2.24, 2.45) is 5.92 Å². The van der Waals surface area contributed by atoms with Crippen LogP contribution in [0.15, 0.2) is 48.5 Å². The highest BCUT2D eigenvalue weighted by Crippen LogP contribution is 2.17. The van der Waals surface area contributed by atoms with Crippen LogP contribution < -0.4 is 10.6 Å². The van der Waals surface area contributed by atoms with Crippen molar-refractivity contribution in [1.29, 1.82) is 0 Å². The average Bonchev–Trinajstić information content (AvgIpc) is 3.35. The van der Waals surface area contributed by atoms with Crippen LogP contribution in [0.4, 0.5) is 5.69 Å². The first-order valence-corrected chi connectivity index (χ1v) is 9.15. The number of amides is 1. The second kappa shape index (κ2) is 8.95. The number of tetrazole rings is 1. The summed E-state index contributed by atoms with van der Waals surface area (Å²) >= 11 is 0. The Kier molecular flexibility index (Phi) is 6.38. The molecule has 4 rings (SSSR count). The van der Waals surface area contributed by atoms with E-state index in [1.54, 1.807) is 4.68 Å². The molecule has 3 aromatic rings. The van der Waals surface area contributed by atoms with E-state index in [0.717, 1.165) is 30.9 Å². The standard InChI is InChI=1S/C20H22N6O.ClH/c1-14-23-24-25-26(14)19-8-6-18(7-9-19)22-20(27)17-4-2-15(3-5-17)12-16-10-11-21-13-16;/h2-9,16,21H,10-13H2,1H3,(H,22,27);1H. The topological polar surface area (TPSA) is 84.7 Å². The number of nitrogens with one attached hydrogen (secondary N) is 2. The van der Waals surface area contributed by atoms with E-state index in [1.165, 1.54) is 12.0 Å². The number of benzene rings is 2. The maximum atomic E-state index is 12.5. The van der Waals surface area contributed by atoms with E-state index in [4.69, 9.17) is 0 Å². The molecule has 8 heteroatoms. The normalized spacial score (nSPS) is 15.8. The third-order valence-electron chi connectivity index (χ3n) is 4.90. The Balaban J connectivity index is 0.00000225. The monoisotopic (exact) mass is 398 g/mol. The van der Waals surface area contributed by atoms with Crippen molar-refractivity contribution in [1.82, 2.24) is 25.5 Å². The molecule has 0 bridgehead atoms. The number of carbonyl (C=O) groups is 1. The van der Waals surface area contributed by atoms with Crippen molar-refractivity contribution < 1.29 is 4.79 Å². The summed E-state index contributed by atoms with van der Waals surface area (Å²) in [6.07, 6.45) is 2.29. The number of carbonyl (C=O) groups excluding carboxylic acids is 1. The fraction of sp³-hybridized carbons (Fsp3) is 0.300. The fourth-order valence-corrected chi connectivity index (χ4v) is 3.37. The lowest BCUT2D eigenvalue weighted by molar-refractivity contribution is 0.102. The van der Waals surface area contributed by atoms with Crippen LogP contribution in [0.25, 0.3) is 5.69 Å². The third-order valence-corrected chi connectivity index (χ3v) is 4.90. The number of nitrogens with zero attached hydrogens (tertiary/aromatic N) is 4. The number of rotatable bonds is 5. The number of halogens is 1. The Hall–Kier alpha value is -2.77.